The average molecular weight is 240 g/mol. The molecular formula is C14H22ClN. The van der Waals surface area contributed by atoms with Crippen LogP contribution in [0.25, 0.3) is 0 Å². The number of hydrogen-bond donors (Lipinski definition) is 1. The number of hydrogen-bond acceptors (Lipinski definition) is 1. The molecule has 2 atom stereocenters. The van der Waals surface area contributed by atoms with Crippen LogP contribution in [0.3, 0.4) is 0 Å². The van der Waals surface area contributed by atoms with E-state index >= 15 is 0 Å². The molecule has 0 fully saturated rings. The minimum atomic E-state index is 0.520. The van der Waals surface area contributed by atoms with Gasteiger partial charge in [-0.3, -0.25) is 0 Å². The van der Waals surface area contributed by atoms with Crippen molar-refractivity contribution in [3.63, 3.8) is 0 Å². The molecule has 1 aromatic carbocycles. The van der Waals surface area contributed by atoms with Gasteiger partial charge in [0.15, 0.2) is 0 Å². The lowest BCUT2D eigenvalue weighted by Gasteiger charge is -2.29. The molecule has 2 heteroatoms. The zero-order valence-corrected chi connectivity index (χ0v) is 11.4. The number of likely N-dealkylation sites (N-methyl/N-ethyl adjacent to an activating group) is 1. The van der Waals surface area contributed by atoms with E-state index in [2.05, 4.69) is 38.2 Å². The van der Waals surface area contributed by atoms with Crippen molar-refractivity contribution in [1.29, 1.82) is 0 Å². The molecule has 0 aromatic heterocycles. The maximum atomic E-state index is 5.92. The van der Waals surface area contributed by atoms with Crippen LogP contribution in [0.2, 0.25) is 5.02 Å². The molecule has 90 valence electrons. The van der Waals surface area contributed by atoms with Crippen molar-refractivity contribution in [2.24, 2.45) is 5.92 Å². The first-order valence-electron chi connectivity index (χ1n) is 6.02. The van der Waals surface area contributed by atoms with E-state index < -0.39 is 0 Å². The second kappa shape index (κ2) is 6.27. The molecule has 0 aliphatic heterocycles. The van der Waals surface area contributed by atoms with Gasteiger partial charge in [0.05, 0.1) is 0 Å². The first kappa shape index (κ1) is 13.5. The highest BCUT2D eigenvalue weighted by Crippen LogP contribution is 2.28. The minimum Gasteiger partial charge on any atom is -0.316 e. The van der Waals surface area contributed by atoms with E-state index in [4.69, 9.17) is 11.6 Å². The molecule has 1 rings (SSSR count). The largest absolute Gasteiger partial charge is 0.316 e. The molecule has 1 aromatic rings. The molecule has 0 saturated heterocycles. The Labute approximate surface area is 104 Å². The Bertz CT molecular complexity index is 305. The number of nitrogens with one attached hydrogen (secondary N) is 1. The van der Waals surface area contributed by atoms with Crippen LogP contribution in [0.1, 0.15) is 38.7 Å². The predicted octanol–water partition coefficient (Wildman–Crippen LogP) is 4.08. The molecular weight excluding hydrogens is 218 g/mol. The van der Waals surface area contributed by atoms with Gasteiger partial charge in [-0.1, -0.05) is 44.5 Å². The molecule has 0 heterocycles. The van der Waals surface area contributed by atoms with Gasteiger partial charge in [-0.05, 0) is 43.0 Å². The smallest absolute Gasteiger partial charge is 0.0406 e. The van der Waals surface area contributed by atoms with Crippen LogP contribution < -0.4 is 5.32 Å². The van der Waals surface area contributed by atoms with Gasteiger partial charge < -0.3 is 5.32 Å². The van der Waals surface area contributed by atoms with Crippen molar-refractivity contribution in [3.8, 4) is 0 Å². The Hall–Kier alpha value is -0.530. The Morgan fingerprint density at radius 3 is 2.12 bits per heavy atom. The zero-order chi connectivity index (χ0) is 12.1. The molecule has 0 spiro atoms. The standard InChI is InChI=1S/C14H22ClN/c1-5-13(14(16-4)10(2)3)11-6-8-12(15)9-7-11/h6-10,13-14,16H,5H2,1-4H3. The summed E-state index contributed by atoms with van der Waals surface area (Å²) in [5.74, 6) is 1.19. The van der Waals surface area contributed by atoms with Gasteiger partial charge in [0.2, 0.25) is 0 Å². The summed E-state index contributed by atoms with van der Waals surface area (Å²) < 4.78 is 0. The summed E-state index contributed by atoms with van der Waals surface area (Å²) in [5.41, 5.74) is 1.37. The van der Waals surface area contributed by atoms with Crippen molar-refractivity contribution in [3.05, 3.63) is 34.9 Å². The molecule has 16 heavy (non-hydrogen) atoms. The molecule has 0 aliphatic rings. The van der Waals surface area contributed by atoms with Gasteiger partial charge in [0, 0.05) is 11.1 Å². The number of halogens is 1. The van der Waals surface area contributed by atoms with Crippen LogP contribution in [-0.4, -0.2) is 13.1 Å². The first-order valence-corrected chi connectivity index (χ1v) is 6.40. The third kappa shape index (κ3) is 3.23. The maximum Gasteiger partial charge on any atom is 0.0406 e. The van der Waals surface area contributed by atoms with Gasteiger partial charge in [-0.2, -0.15) is 0 Å². The average Bonchev–Trinajstić information content (AvgIpc) is 2.26. The molecule has 0 saturated carbocycles. The fourth-order valence-corrected chi connectivity index (χ4v) is 2.53. The zero-order valence-electron chi connectivity index (χ0n) is 10.6. The molecule has 1 nitrogen and oxygen atoms in total. The third-order valence-corrected chi connectivity index (χ3v) is 3.48. The van der Waals surface area contributed by atoms with E-state index in [0.717, 1.165) is 11.4 Å². The number of rotatable bonds is 5. The maximum absolute atomic E-state index is 5.92. The SMILES string of the molecule is CCC(c1ccc(Cl)cc1)C(NC)C(C)C. The van der Waals surface area contributed by atoms with E-state index in [0.29, 0.717) is 17.9 Å². The number of benzene rings is 1. The summed E-state index contributed by atoms with van der Waals surface area (Å²) in [5, 5.41) is 4.24. The Kier molecular flexibility index (Phi) is 5.30. The Balaban J connectivity index is 2.92. The van der Waals surface area contributed by atoms with Gasteiger partial charge in [0.1, 0.15) is 0 Å². The van der Waals surface area contributed by atoms with Gasteiger partial charge in [-0.25, -0.2) is 0 Å². The predicted molar refractivity (Wildman–Crippen MR) is 72.2 cm³/mol. The van der Waals surface area contributed by atoms with Gasteiger partial charge in [0.25, 0.3) is 0 Å². The molecule has 1 N–H and O–H groups in total. The molecule has 0 radical (unpaired) electrons. The van der Waals surface area contributed by atoms with Crippen LogP contribution in [-0.2, 0) is 0 Å². The second-order valence-electron chi connectivity index (χ2n) is 4.62. The summed E-state index contributed by atoms with van der Waals surface area (Å²) >= 11 is 5.92. The highest BCUT2D eigenvalue weighted by atomic mass is 35.5. The lowest BCUT2D eigenvalue weighted by atomic mass is 9.83. The lowest BCUT2D eigenvalue weighted by molar-refractivity contribution is 0.355. The van der Waals surface area contributed by atoms with E-state index in [1.54, 1.807) is 0 Å². The van der Waals surface area contributed by atoms with Gasteiger partial charge >= 0.3 is 0 Å². The quantitative estimate of drug-likeness (QED) is 0.817. The summed E-state index contributed by atoms with van der Waals surface area (Å²) in [6.45, 7) is 6.77. The van der Waals surface area contributed by atoms with Crippen LogP contribution in [0.5, 0.6) is 0 Å². The lowest BCUT2D eigenvalue weighted by Crippen LogP contribution is -2.36. The van der Waals surface area contributed by atoms with Crippen molar-refractivity contribution in [1.82, 2.24) is 5.32 Å². The van der Waals surface area contributed by atoms with Gasteiger partial charge in [-0.15, -0.1) is 0 Å². The normalized spacial score (nSPS) is 15.1. The van der Waals surface area contributed by atoms with Crippen LogP contribution in [0, 0.1) is 5.92 Å². The summed E-state index contributed by atoms with van der Waals surface area (Å²) in [7, 11) is 2.04. The van der Waals surface area contributed by atoms with Crippen molar-refractivity contribution in [2.75, 3.05) is 7.05 Å². The fourth-order valence-electron chi connectivity index (χ4n) is 2.41. The molecule has 0 amide bonds. The van der Waals surface area contributed by atoms with Crippen molar-refractivity contribution >= 4 is 11.6 Å². The highest BCUT2D eigenvalue weighted by Gasteiger charge is 2.22. The monoisotopic (exact) mass is 239 g/mol. The third-order valence-electron chi connectivity index (χ3n) is 3.22. The van der Waals surface area contributed by atoms with Crippen molar-refractivity contribution in [2.45, 2.75) is 39.2 Å². The van der Waals surface area contributed by atoms with E-state index in [9.17, 15) is 0 Å². The first-order chi connectivity index (χ1) is 7.60. The fraction of sp³-hybridized carbons (Fsp3) is 0.571. The topological polar surface area (TPSA) is 12.0 Å². The Morgan fingerprint density at radius 1 is 1.19 bits per heavy atom. The van der Waals surface area contributed by atoms with Crippen LogP contribution in [0.4, 0.5) is 0 Å². The molecule has 2 unspecified atom stereocenters. The summed E-state index contributed by atoms with van der Waals surface area (Å²) in [4.78, 5) is 0. The highest BCUT2D eigenvalue weighted by molar-refractivity contribution is 6.30. The van der Waals surface area contributed by atoms with Crippen LogP contribution >= 0.6 is 11.6 Å². The molecule has 0 aliphatic carbocycles. The minimum absolute atomic E-state index is 0.520. The summed E-state index contributed by atoms with van der Waals surface area (Å²) in [6.07, 6.45) is 1.14. The molecule has 0 bridgehead atoms. The second-order valence-corrected chi connectivity index (χ2v) is 5.06. The Morgan fingerprint density at radius 2 is 1.75 bits per heavy atom. The van der Waals surface area contributed by atoms with E-state index in [1.807, 2.05) is 19.2 Å². The van der Waals surface area contributed by atoms with E-state index in [1.165, 1.54) is 5.56 Å². The van der Waals surface area contributed by atoms with Crippen LogP contribution in [0.15, 0.2) is 24.3 Å². The van der Waals surface area contributed by atoms with E-state index in [-0.39, 0.29) is 0 Å². The van der Waals surface area contributed by atoms with Crippen molar-refractivity contribution < 1.29 is 0 Å². The summed E-state index contributed by atoms with van der Waals surface area (Å²) in [6, 6.07) is 8.76.